The van der Waals surface area contributed by atoms with Gasteiger partial charge in [0.25, 0.3) is 0 Å². The van der Waals surface area contributed by atoms with Crippen molar-refractivity contribution < 1.29 is 14.2 Å². The summed E-state index contributed by atoms with van der Waals surface area (Å²) in [6.07, 6.45) is 0. The van der Waals surface area contributed by atoms with Crippen LogP contribution in [-0.4, -0.2) is 12.5 Å². The van der Waals surface area contributed by atoms with Crippen molar-refractivity contribution in [2.24, 2.45) is 0 Å². The first-order chi connectivity index (χ1) is 8.29. The van der Waals surface area contributed by atoms with Crippen molar-refractivity contribution >= 4 is 12.9 Å². The molecule has 0 aliphatic carbocycles. The molecular formula is C13H11BFO2. The van der Waals surface area contributed by atoms with Crippen LogP contribution in [0.2, 0.25) is 0 Å². The Hall–Kier alpha value is -1.81. The van der Waals surface area contributed by atoms with Crippen LogP contribution in [0, 0.1) is 5.82 Å². The molecule has 0 unspecified atom stereocenters. The number of ether oxygens (including phenoxy) is 1. The topological polar surface area (TPSA) is 29.5 Å². The van der Waals surface area contributed by atoms with Crippen LogP contribution < -0.4 is 10.2 Å². The van der Waals surface area contributed by atoms with Crippen LogP contribution in [0.1, 0.15) is 5.56 Å². The Morgan fingerprint density at radius 2 is 1.88 bits per heavy atom. The lowest BCUT2D eigenvalue weighted by Crippen LogP contribution is -2.17. The molecule has 0 saturated carbocycles. The van der Waals surface area contributed by atoms with Gasteiger partial charge in [-0.05, 0) is 29.2 Å². The molecule has 0 aromatic heterocycles. The fraction of sp³-hybridized carbons (Fsp3) is 0.0769. The van der Waals surface area contributed by atoms with E-state index in [9.17, 15) is 4.39 Å². The molecular weight excluding hydrogens is 218 g/mol. The first-order valence-corrected chi connectivity index (χ1v) is 5.23. The van der Waals surface area contributed by atoms with Gasteiger partial charge in [-0.2, -0.15) is 0 Å². The van der Waals surface area contributed by atoms with Crippen LogP contribution in [0.25, 0.3) is 0 Å². The quantitative estimate of drug-likeness (QED) is 0.807. The van der Waals surface area contributed by atoms with E-state index >= 15 is 0 Å². The van der Waals surface area contributed by atoms with E-state index in [1.165, 1.54) is 18.2 Å². The molecule has 2 aromatic rings. The maximum atomic E-state index is 12.9. The van der Waals surface area contributed by atoms with Gasteiger partial charge >= 0.3 is 7.48 Å². The van der Waals surface area contributed by atoms with Crippen molar-refractivity contribution in [1.82, 2.24) is 0 Å². The van der Waals surface area contributed by atoms with Gasteiger partial charge < -0.3 is 9.76 Å². The minimum atomic E-state index is -0.405. The second-order valence-electron chi connectivity index (χ2n) is 3.59. The van der Waals surface area contributed by atoms with E-state index in [0.717, 1.165) is 13.0 Å². The average Bonchev–Trinajstić information content (AvgIpc) is 2.38. The zero-order chi connectivity index (χ0) is 12.1. The highest BCUT2D eigenvalue weighted by atomic mass is 19.1. The summed E-state index contributed by atoms with van der Waals surface area (Å²) in [6.45, 7) is 0.382. The van der Waals surface area contributed by atoms with Gasteiger partial charge in [0.1, 0.15) is 18.2 Å². The van der Waals surface area contributed by atoms with E-state index < -0.39 is 5.82 Å². The number of hydrogen-bond acceptors (Lipinski definition) is 2. The predicted molar refractivity (Wildman–Crippen MR) is 64.8 cm³/mol. The summed E-state index contributed by atoms with van der Waals surface area (Å²) in [4.78, 5) is 0. The van der Waals surface area contributed by atoms with Crippen LogP contribution in [0.5, 0.6) is 5.75 Å². The molecule has 85 valence electrons. The Morgan fingerprint density at radius 1 is 1.12 bits per heavy atom. The van der Waals surface area contributed by atoms with E-state index in [-0.39, 0.29) is 0 Å². The highest BCUT2D eigenvalue weighted by Crippen LogP contribution is 2.11. The predicted octanol–water partition coefficient (Wildman–Crippen LogP) is 1.64. The molecule has 4 heteroatoms. The molecule has 0 aliphatic heterocycles. The second-order valence-corrected chi connectivity index (χ2v) is 3.59. The monoisotopic (exact) mass is 229 g/mol. The van der Waals surface area contributed by atoms with Gasteiger partial charge in [-0.25, -0.2) is 4.39 Å². The zero-order valence-electron chi connectivity index (χ0n) is 9.14. The SMILES string of the molecule is O[B]c1cc(F)ccc1OCc1ccccc1. The maximum Gasteiger partial charge on any atom is 0.330 e. The molecule has 0 spiro atoms. The molecule has 17 heavy (non-hydrogen) atoms. The van der Waals surface area contributed by atoms with E-state index in [4.69, 9.17) is 9.76 Å². The lowest BCUT2D eigenvalue weighted by molar-refractivity contribution is 0.308. The Bertz CT molecular complexity index is 488. The average molecular weight is 229 g/mol. The van der Waals surface area contributed by atoms with Crippen LogP contribution >= 0.6 is 0 Å². The van der Waals surface area contributed by atoms with Crippen molar-refractivity contribution in [3.63, 3.8) is 0 Å². The van der Waals surface area contributed by atoms with Gasteiger partial charge in [0.2, 0.25) is 0 Å². The summed E-state index contributed by atoms with van der Waals surface area (Å²) in [5, 5.41) is 8.97. The fourth-order valence-electron chi connectivity index (χ4n) is 1.49. The molecule has 1 N–H and O–H groups in total. The molecule has 2 aromatic carbocycles. The van der Waals surface area contributed by atoms with Crippen LogP contribution in [0.4, 0.5) is 4.39 Å². The maximum absolute atomic E-state index is 12.9. The summed E-state index contributed by atoms with van der Waals surface area (Å²) in [5.74, 6) is 0.0510. The van der Waals surface area contributed by atoms with Crippen molar-refractivity contribution in [1.29, 1.82) is 0 Å². The smallest absolute Gasteiger partial charge is 0.330 e. The minimum Gasteiger partial charge on any atom is -0.489 e. The third kappa shape index (κ3) is 3.08. The molecule has 0 aliphatic rings. The van der Waals surface area contributed by atoms with Crippen LogP contribution in [0.3, 0.4) is 0 Å². The number of benzene rings is 2. The zero-order valence-corrected chi connectivity index (χ0v) is 9.14. The van der Waals surface area contributed by atoms with Crippen LogP contribution in [0.15, 0.2) is 48.5 Å². The first kappa shape index (κ1) is 11.7. The van der Waals surface area contributed by atoms with Gasteiger partial charge in [-0.3, -0.25) is 0 Å². The van der Waals surface area contributed by atoms with E-state index in [1.54, 1.807) is 0 Å². The largest absolute Gasteiger partial charge is 0.489 e. The Kier molecular flexibility index (Phi) is 3.78. The van der Waals surface area contributed by atoms with E-state index in [2.05, 4.69) is 0 Å². The highest BCUT2D eigenvalue weighted by molar-refractivity contribution is 6.46. The summed E-state index contributed by atoms with van der Waals surface area (Å²) < 4.78 is 18.4. The minimum absolute atomic E-state index is 0.334. The lowest BCUT2D eigenvalue weighted by atomic mass is 9.88. The Balaban J connectivity index is 2.09. The number of halogens is 1. The molecule has 0 saturated heterocycles. The summed E-state index contributed by atoms with van der Waals surface area (Å²) in [5.41, 5.74) is 1.35. The van der Waals surface area contributed by atoms with Gasteiger partial charge in [0.15, 0.2) is 0 Å². The molecule has 1 radical (unpaired) electrons. The number of hydrogen-bond donors (Lipinski definition) is 1. The summed E-state index contributed by atoms with van der Waals surface area (Å²) in [7, 11) is 0.837. The molecule has 0 bridgehead atoms. The molecule has 0 atom stereocenters. The van der Waals surface area contributed by atoms with Gasteiger partial charge in [-0.1, -0.05) is 30.3 Å². The number of rotatable bonds is 4. The van der Waals surface area contributed by atoms with E-state index in [1.807, 2.05) is 30.3 Å². The van der Waals surface area contributed by atoms with E-state index in [0.29, 0.717) is 17.8 Å². The van der Waals surface area contributed by atoms with Gasteiger partial charge in [0.05, 0.1) is 0 Å². The Labute approximate surface area is 99.9 Å². The van der Waals surface area contributed by atoms with Gasteiger partial charge in [-0.15, -0.1) is 0 Å². The van der Waals surface area contributed by atoms with Crippen molar-refractivity contribution in [3.8, 4) is 5.75 Å². The third-order valence-electron chi connectivity index (χ3n) is 2.35. The lowest BCUT2D eigenvalue weighted by Gasteiger charge is -2.09. The fourth-order valence-corrected chi connectivity index (χ4v) is 1.49. The van der Waals surface area contributed by atoms with Crippen molar-refractivity contribution in [2.45, 2.75) is 6.61 Å². The third-order valence-corrected chi connectivity index (χ3v) is 2.35. The Morgan fingerprint density at radius 3 is 2.59 bits per heavy atom. The van der Waals surface area contributed by atoms with Crippen LogP contribution in [-0.2, 0) is 6.61 Å². The van der Waals surface area contributed by atoms with Crippen molar-refractivity contribution in [3.05, 3.63) is 59.9 Å². The van der Waals surface area contributed by atoms with Gasteiger partial charge in [0, 0.05) is 0 Å². The van der Waals surface area contributed by atoms with Crippen molar-refractivity contribution in [2.75, 3.05) is 0 Å². The molecule has 0 amide bonds. The molecule has 0 heterocycles. The molecule has 2 nitrogen and oxygen atoms in total. The normalized spacial score (nSPS) is 10.0. The standard InChI is InChI=1S/C13H11BFO2/c15-11-6-7-13(12(8-11)14-16)17-9-10-4-2-1-3-5-10/h1-8,16H,9H2. The summed E-state index contributed by atoms with van der Waals surface area (Å²) in [6, 6.07) is 13.7. The second kappa shape index (κ2) is 5.50. The molecule has 2 rings (SSSR count). The molecule has 0 fully saturated rings. The highest BCUT2D eigenvalue weighted by Gasteiger charge is 2.06. The summed E-state index contributed by atoms with van der Waals surface area (Å²) >= 11 is 0. The first-order valence-electron chi connectivity index (χ1n) is 5.23.